The molecular formula is C31H29NO4. The third-order valence-corrected chi connectivity index (χ3v) is 8.02. The first-order chi connectivity index (χ1) is 17.6. The second kappa shape index (κ2) is 9.05. The van der Waals surface area contributed by atoms with E-state index in [-0.39, 0.29) is 23.7 Å². The van der Waals surface area contributed by atoms with E-state index in [4.69, 9.17) is 4.74 Å². The third-order valence-electron chi connectivity index (χ3n) is 8.02. The summed E-state index contributed by atoms with van der Waals surface area (Å²) in [6.45, 7) is 2.51. The minimum Gasteiger partial charge on any atom is -0.462 e. The largest absolute Gasteiger partial charge is 0.462 e. The number of hydrogen-bond acceptors (Lipinski definition) is 4. The maximum atomic E-state index is 13.9. The molecule has 7 rings (SSSR count). The molecule has 0 aromatic heterocycles. The van der Waals surface area contributed by atoms with E-state index < -0.39 is 17.8 Å². The molecule has 3 aromatic carbocycles. The van der Waals surface area contributed by atoms with Crippen molar-refractivity contribution >= 4 is 23.5 Å². The summed E-state index contributed by atoms with van der Waals surface area (Å²) in [6, 6.07) is 23.1. The molecule has 4 aliphatic rings. The summed E-state index contributed by atoms with van der Waals surface area (Å²) in [7, 11) is 0. The molecule has 1 heterocycles. The van der Waals surface area contributed by atoms with Gasteiger partial charge in [-0.25, -0.2) is 9.69 Å². The van der Waals surface area contributed by atoms with Crippen LogP contribution in [0.3, 0.4) is 0 Å². The Morgan fingerprint density at radius 1 is 0.750 bits per heavy atom. The second-order valence-corrected chi connectivity index (χ2v) is 10.0. The smallest absolute Gasteiger partial charge is 0.338 e. The summed E-state index contributed by atoms with van der Waals surface area (Å²) in [4.78, 5) is 41.8. The van der Waals surface area contributed by atoms with E-state index in [1.165, 1.54) is 4.90 Å². The number of carbonyl (C=O) groups is 3. The van der Waals surface area contributed by atoms with Crippen molar-refractivity contribution in [3.63, 3.8) is 0 Å². The van der Waals surface area contributed by atoms with Gasteiger partial charge in [0.15, 0.2) is 0 Å². The Labute approximate surface area is 211 Å². The van der Waals surface area contributed by atoms with Crippen molar-refractivity contribution in [3.8, 4) is 0 Å². The van der Waals surface area contributed by atoms with Crippen LogP contribution in [0, 0.1) is 11.8 Å². The number of amides is 2. The summed E-state index contributed by atoms with van der Waals surface area (Å²) in [5.41, 5.74) is 5.37. The highest BCUT2D eigenvalue weighted by Gasteiger charge is 2.61. The molecule has 1 fully saturated rings. The Hall–Kier alpha value is -3.73. The van der Waals surface area contributed by atoms with Crippen molar-refractivity contribution in [1.29, 1.82) is 0 Å². The standard InChI is InChI=1S/C31H29NO4/c1-2-3-4-9-17-36-31(35)19-11-10-12-20(18-19)32-29(33)27-25-21-13-5-6-14-22(21)26(28(27)30(32)34)24-16-8-7-15-23(24)25/h5-8,10-16,18,25-28H,2-4,9,17H2,1H3/t25?,26?,27-,28+. The molecule has 2 amide bonds. The average Bonchev–Trinajstić information content (AvgIpc) is 3.18. The topological polar surface area (TPSA) is 63.7 Å². The predicted octanol–water partition coefficient (Wildman–Crippen LogP) is 5.82. The summed E-state index contributed by atoms with van der Waals surface area (Å²) in [5, 5.41) is 0. The zero-order valence-electron chi connectivity index (χ0n) is 20.4. The number of hydrogen-bond donors (Lipinski definition) is 0. The van der Waals surface area contributed by atoms with Gasteiger partial charge in [0.05, 0.1) is 29.7 Å². The normalized spacial score (nSPS) is 23.3. The van der Waals surface area contributed by atoms with E-state index in [0.29, 0.717) is 17.9 Å². The average molecular weight is 480 g/mol. The van der Waals surface area contributed by atoms with Crippen LogP contribution in [0.25, 0.3) is 0 Å². The minimum atomic E-state index is -0.443. The molecule has 3 aromatic rings. The number of rotatable bonds is 7. The van der Waals surface area contributed by atoms with E-state index in [9.17, 15) is 14.4 Å². The lowest BCUT2D eigenvalue weighted by atomic mass is 9.55. The molecule has 2 bridgehead atoms. The van der Waals surface area contributed by atoms with E-state index in [2.05, 4.69) is 31.2 Å². The summed E-state index contributed by atoms with van der Waals surface area (Å²) >= 11 is 0. The number of nitrogens with zero attached hydrogens (tertiary/aromatic N) is 1. The molecule has 3 aliphatic carbocycles. The summed E-state index contributed by atoms with van der Waals surface area (Å²) in [5.74, 6) is -1.98. The quantitative estimate of drug-likeness (QED) is 0.243. The highest BCUT2D eigenvalue weighted by molar-refractivity contribution is 6.23. The van der Waals surface area contributed by atoms with Gasteiger partial charge in [-0.1, -0.05) is 80.8 Å². The molecule has 2 atom stereocenters. The molecule has 0 N–H and O–H groups in total. The summed E-state index contributed by atoms with van der Waals surface area (Å²) < 4.78 is 5.44. The van der Waals surface area contributed by atoms with Gasteiger partial charge in [0.25, 0.3) is 0 Å². The SMILES string of the molecule is CCCCCCOC(=O)c1cccc(N2C(=O)[C@@H]3C4c5ccccc5C(c5ccccc54)[C@@H]3C2=O)c1. The van der Waals surface area contributed by atoms with Gasteiger partial charge in [0, 0.05) is 11.8 Å². The van der Waals surface area contributed by atoms with Crippen LogP contribution in [-0.4, -0.2) is 24.4 Å². The lowest BCUT2D eigenvalue weighted by Gasteiger charge is -2.45. The molecule has 1 saturated heterocycles. The molecule has 182 valence electrons. The Balaban J connectivity index is 1.32. The Morgan fingerprint density at radius 2 is 1.31 bits per heavy atom. The maximum absolute atomic E-state index is 13.9. The Kier molecular flexibility index (Phi) is 5.71. The first-order valence-corrected chi connectivity index (χ1v) is 12.9. The van der Waals surface area contributed by atoms with Crippen molar-refractivity contribution < 1.29 is 19.1 Å². The number of esters is 1. The van der Waals surface area contributed by atoms with Crippen LogP contribution in [0.4, 0.5) is 5.69 Å². The van der Waals surface area contributed by atoms with Crippen molar-refractivity contribution in [2.45, 2.75) is 44.4 Å². The summed E-state index contributed by atoms with van der Waals surface area (Å²) in [6.07, 6.45) is 4.09. The first-order valence-electron chi connectivity index (χ1n) is 12.9. The Morgan fingerprint density at radius 3 is 1.83 bits per heavy atom. The number of imide groups is 1. The fraction of sp³-hybridized carbons (Fsp3) is 0.323. The van der Waals surface area contributed by atoms with Gasteiger partial charge in [0.1, 0.15) is 0 Å². The van der Waals surface area contributed by atoms with Crippen LogP contribution in [0.5, 0.6) is 0 Å². The van der Waals surface area contributed by atoms with Gasteiger partial charge in [-0.3, -0.25) is 9.59 Å². The third kappa shape index (κ3) is 3.41. The van der Waals surface area contributed by atoms with E-state index in [1.807, 2.05) is 24.3 Å². The van der Waals surface area contributed by atoms with Crippen LogP contribution in [-0.2, 0) is 14.3 Å². The molecule has 0 spiro atoms. The number of carbonyl (C=O) groups excluding carboxylic acids is 3. The fourth-order valence-corrected chi connectivity index (χ4v) is 6.48. The molecule has 5 nitrogen and oxygen atoms in total. The molecule has 0 unspecified atom stereocenters. The number of anilines is 1. The molecular weight excluding hydrogens is 450 g/mol. The van der Waals surface area contributed by atoms with Gasteiger partial charge in [-0.2, -0.15) is 0 Å². The van der Waals surface area contributed by atoms with Crippen molar-refractivity contribution in [2.75, 3.05) is 11.5 Å². The van der Waals surface area contributed by atoms with E-state index >= 15 is 0 Å². The highest BCUT2D eigenvalue weighted by Crippen LogP contribution is 2.61. The number of ether oxygens (including phenoxy) is 1. The monoisotopic (exact) mass is 479 g/mol. The van der Waals surface area contributed by atoms with Crippen molar-refractivity contribution in [1.82, 2.24) is 0 Å². The molecule has 0 saturated carbocycles. The maximum Gasteiger partial charge on any atom is 0.338 e. The number of benzene rings is 3. The van der Waals surface area contributed by atoms with Gasteiger partial charge in [0.2, 0.25) is 11.8 Å². The van der Waals surface area contributed by atoms with Crippen molar-refractivity contribution in [3.05, 3.63) is 101 Å². The van der Waals surface area contributed by atoms with Crippen LogP contribution in [0.15, 0.2) is 72.8 Å². The zero-order valence-corrected chi connectivity index (χ0v) is 20.4. The molecule has 5 heteroatoms. The Bertz CT molecular complexity index is 1250. The minimum absolute atomic E-state index is 0.148. The van der Waals surface area contributed by atoms with E-state index in [0.717, 1.165) is 47.9 Å². The van der Waals surface area contributed by atoms with Gasteiger partial charge < -0.3 is 4.74 Å². The van der Waals surface area contributed by atoms with Crippen LogP contribution in [0.1, 0.15) is 77.1 Å². The van der Waals surface area contributed by atoms with Crippen molar-refractivity contribution in [2.24, 2.45) is 11.8 Å². The highest BCUT2D eigenvalue weighted by atomic mass is 16.5. The molecule has 36 heavy (non-hydrogen) atoms. The van der Waals surface area contributed by atoms with Gasteiger partial charge >= 0.3 is 5.97 Å². The molecule has 0 radical (unpaired) electrons. The predicted molar refractivity (Wildman–Crippen MR) is 137 cm³/mol. The zero-order chi connectivity index (χ0) is 24.8. The lowest BCUT2D eigenvalue weighted by molar-refractivity contribution is -0.122. The molecule has 1 aliphatic heterocycles. The van der Waals surface area contributed by atoms with Crippen LogP contribution in [0.2, 0.25) is 0 Å². The second-order valence-electron chi connectivity index (χ2n) is 10.0. The van der Waals surface area contributed by atoms with Gasteiger partial charge in [-0.05, 0) is 46.9 Å². The van der Waals surface area contributed by atoms with Crippen LogP contribution >= 0.6 is 0 Å². The fourth-order valence-electron chi connectivity index (χ4n) is 6.48. The lowest BCUT2D eigenvalue weighted by Crippen LogP contribution is -2.41. The van der Waals surface area contributed by atoms with E-state index in [1.54, 1.807) is 24.3 Å². The van der Waals surface area contributed by atoms with Crippen LogP contribution < -0.4 is 4.90 Å². The van der Waals surface area contributed by atoms with Gasteiger partial charge in [-0.15, -0.1) is 0 Å². The first kappa shape index (κ1) is 22.7. The number of unbranched alkanes of at least 4 members (excludes halogenated alkanes) is 3.